The van der Waals surface area contributed by atoms with E-state index in [1.165, 1.54) is 0 Å². The second-order valence-electron chi connectivity index (χ2n) is 4.42. The number of hydrogen-bond donors (Lipinski definition) is 1. The number of halogens is 1. The van der Waals surface area contributed by atoms with Crippen LogP contribution in [-0.2, 0) is 9.84 Å². The summed E-state index contributed by atoms with van der Waals surface area (Å²) < 4.78 is 22.7. The Kier molecular flexibility index (Phi) is 6.86. The Labute approximate surface area is 105 Å². The minimum absolute atomic E-state index is 0. The van der Waals surface area contributed by atoms with E-state index in [9.17, 15) is 8.42 Å². The number of nitrogens with zero attached hydrogens (tertiary/aromatic N) is 1. The summed E-state index contributed by atoms with van der Waals surface area (Å²) >= 11 is 0. The molecule has 16 heavy (non-hydrogen) atoms. The van der Waals surface area contributed by atoms with Gasteiger partial charge < -0.3 is 5.73 Å². The fourth-order valence-corrected chi connectivity index (χ4v) is 2.90. The predicted octanol–water partition coefficient (Wildman–Crippen LogP) is 0.512. The highest BCUT2D eigenvalue weighted by atomic mass is 35.5. The molecular formula is C10H23ClN2O2S. The van der Waals surface area contributed by atoms with Gasteiger partial charge in [-0.25, -0.2) is 8.42 Å². The normalized spacial score (nSPS) is 26.7. The van der Waals surface area contributed by atoms with Crippen LogP contribution in [0.25, 0.3) is 0 Å². The zero-order chi connectivity index (χ0) is 11.5. The second kappa shape index (κ2) is 6.79. The lowest BCUT2D eigenvalue weighted by molar-refractivity contribution is 0.280. The summed E-state index contributed by atoms with van der Waals surface area (Å²) in [4.78, 5) is 2.24. The van der Waals surface area contributed by atoms with Crippen molar-refractivity contribution in [2.75, 3.05) is 31.1 Å². The lowest BCUT2D eigenvalue weighted by Gasteiger charge is -2.20. The summed E-state index contributed by atoms with van der Waals surface area (Å²) in [6.07, 6.45) is 1.10. The fourth-order valence-electron chi connectivity index (χ4n) is 2.10. The van der Waals surface area contributed by atoms with Gasteiger partial charge >= 0.3 is 0 Å². The molecule has 2 unspecified atom stereocenters. The first-order chi connectivity index (χ1) is 6.98. The standard InChI is InChI=1S/C10H22N2O2S.ClH/c1-3-15(13,14)5-4-12-8-10(7-11)6-9(12)2;/h9-10H,3-8,11H2,1-2H3;1H. The maximum absolute atomic E-state index is 11.4. The topological polar surface area (TPSA) is 63.4 Å². The third-order valence-electron chi connectivity index (χ3n) is 3.25. The number of rotatable bonds is 5. The van der Waals surface area contributed by atoms with E-state index in [0.717, 1.165) is 13.0 Å². The average molecular weight is 271 g/mol. The van der Waals surface area contributed by atoms with Gasteiger partial charge in [-0.1, -0.05) is 6.92 Å². The van der Waals surface area contributed by atoms with E-state index in [-0.39, 0.29) is 23.9 Å². The quantitative estimate of drug-likeness (QED) is 0.791. The summed E-state index contributed by atoms with van der Waals surface area (Å²) in [5, 5.41) is 0. The van der Waals surface area contributed by atoms with Gasteiger partial charge in [-0.3, -0.25) is 4.90 Å². The summed E-state index contributed by atoms with van der Waals surface area (Å²) in [6, 6.07) is 0.477. The minimum atomic E-state index is -2.83. The lowest BCUT2D eigenvalue weighted by atomic mass is 10.1. The molecule has 0 aromatic rings. The molecule has 6 heteroatoms. The minimum Gasteiger partial charge on any atom is -0.330 e. The van der Waals surface area contributed by atoms with Crippen molar-refractivity contribution in [3.05, 3.63) is 0 Å². The molecule has 0 aliphatic carbocycles. The van der Waals surface area contributed by atoms with Crippen molar-refractivity contribution in [2.45, 2.75) is 26.3 Å². The van der Waals surface area contributed by atoms with Crippen LogP contribution in [0.2, 0.25) is 0 Å². The van der Waals surface area contributed by atoms with Gasteiger partial charge in [0.25, 0.3) is 0 Å². The molecule has 0 amide bonds. The number of hydrogen-bond acceptors (Lipinski definition) is 4. The van der Waals surface area contributed by atoms with Crippen molar-refractivity contribution >= 4 is 22.2 Å². The molecule has 0 saturated carbocycles. The highest BCUT2D eigenvalue weighted by Crippen LogP contribution is 2.21. The zero-order valence-electron chi connectivity index (χ0n) is 10.1. The SMILES string of the molecule is CCS(=O)(=O)CCN1CC(CN)CC1C.Cl. The van der Waals surface area contributed by atoms with Crippen LogP contribution in [0.3, 0.4) is 0 Å². The van der Waals surface area contributed by atoms with Crippen molar-refractivity contribution in [1.82, 2.24) is 4.90 Å². The smallest absolute Gasteiger partial charge is 0.151 e. The maximum Gasteiger partial charge on any atom is 0.151 e. The first-order valence-electron chi connectivity index (χ1n) is 5.63. The highest BCUT2D eigenvalue weighted by molar-refractivity contribution is 7.91. The molecule has 1 heterocycles. The Hall–Kier alpha value is 0.160. The third-order valence-corrected chi connectivity index (χ3v) is 4.94. The number of likely N-dealkylation sites (tertiary alicyclic amines) is 1. The highest BCUT2D eigenvalue weighted by Gasteiger charge is 2.28. The first-order valence-corrected chi connectivity index (χ1v) is 7.45. The van der Waals surface area contributed by atoms with Crippen LogP contribution >= 0.6 is 12.4 Å². The van der Waals surface area contributed by atoms with Crippen molar-refractivity contribution in [3.63, 3.8) is 0 Å². The van der Waals surface area contributed by atoms with E-state index in [1.54, 1.807) is 6.92 Å². The molecular weight excluding hydrogens is 248 g/mol. The van der Waals surface area contributed by atoms with E-state index in [0.29, 0.717) is 25.0 Å². The number of sulfone groups is 1. The maximum atomic E-state index is 11.4. The molecule has 98 valence electrons. The monoisotopic (exact) mass is 270 g/mol. The van der Waals surface area contributed by atoms with Gasteiger partial charge in [0, 0.05) is 24.9 Å². The van der Waals surface area contributed by atoms with Gasteiger partial charge in [0.2, 0.25) is 0 Å². The molecule has 1 aliphatic rings. The van der Waals surface area contributed by atoms with Gasteiger partial charge in [0.05, 0.1) is 5.75 Å². The molecule has 2 atom stereocenters. The summed E-state index contributed by atoms with van der Waals surface area (Å²) in [5.41, 5.74) is 5.62. The molecule has 0 radical (unpaired) electrons. The van der Waals surface area contributed by atoms with Crippen molar-refractivity contribution < 1.29 is 8.42 Å². The second-order valence-corrected chi connectivity index (χ2v) is 6.89. The predicted molar refractivity (Wildman–Crippen MR) is 69.8 cm³/mol. The van der Waals surface area contributed by atoms with Crippen LogP contribution in [0.1, 0.15) is 20.3 Å². The third kappa shape index (κ3) is 4.57. The van der Waals surface area contributed by atoms with Crippen LogP contribution in [-0.4, -0.2) is 50.5 Å². The summed E-state index contributed by atoms with van der Waals surface area (Å²) in [6.45, 7) is 6.17. The Balaban J connectivity index is 0.00000225. The van der Waals surface area contributed by atoms with Crippen molar-refractivity contribution in [3.8, 4) is 0 Å². The van der Waals surface area contributed by atoms with E-state index >= 15 is 0 Å². The lowest BCUT2D eigenvalue weighted by Crippen LogP contribution is -2.33. The number of nitrogens with two attached hydrogens (primary N) is 1. The molecule has 2 N–H and O–H groups in total. The van der Waals surface area contributed by atoms with Crippen LogP contribution < -0.4 is 5.73 Å². The zero-order valence-corrected chi connectivity index (χ0v) is 11.7. The first kappa shape index (κ1) is 16.2. The molecule has 1 rings (SSSR count). The van der Waals surface area contributed by atoms with Crippen molar-refractivity contribution in [1.29, 1.82) is 0 Å². The molecule has 1 saturated heterocycles. The Morgan fingerprint density at radius 3 is 2.50 bits per heavy atom. The van der Waals surface area contributed by atoms with Gasteiger partial charge in [-0.05, 0) is 25.8 Å². The van der Waals surface area contributed by atoms with Gasteiger partial charge in [-0.2, -0.15) is 0 Å². The Morgan fingerprint density at radius 1 is 1.44 bits per heavy atom. The summed E-state index contributed by atoms with van der Waals surface area (Å²) in [7, 11) is -2.83. The molecule has 4 nitrogen and oxygen atoms in total. The van der Waals surface area contributed by atoms with E-state index in [1.807, 2.05) is 0 Å². The summed E-state index contributed by atoms with van der Waals surface area (Å²) in [5.74, 6) is 1.07. The van der Waals surface area contributed by atoms with Crippen LogP contribution in [0, 0.1) is 5.92 Å². The molecule has 1 aliphatic heterocycles. The molecule has 0 aromatic heterocycles. The van der Waals surface area contributed by atoms with Gasteiger partial charge in [0.1, 0.15) is 0 Å². The Bertz CT molecular complexity index is 295. The van der Waals surface area contributed by atoms with E-state index in [2.05, 4.69) is 11.8 Å². The molecule has 0 aromatic carbocycles. The van der Waals surface area contributed by atoms with Gasteiger partial charge in [0.15, 0.2) is 9.84 Å². The Morgan fingerprint density at radius 2 is 2.06 bits per heavy atom. The van der Waals surface area contributed by atoms with Crippen LogP contribution in [0.5, 0.6) is 0 Å². The molecule has 0 bridgehead atoms. The molecule has 1 fully saturated rings. The van der Waals surface area contributed by atoms with Crippen LogP contribution in [0.4, 0.5) is 0 Å². The van der Waals surface area contributed by atoms with E-state index in [4.69, 9.17) is 5.73 Å². The molecule has 0 spiro atoms. The average Bonchev–Trinajstić information content (AvgIpc) is 2.57. The van der Waals surface area contributed by atoms with Gasteiger partial charge in [-0.15, -0.1) is 12.4 Å². The van der Waals surface area contributed by atoms with Crippen molar-refractivity contribution in [2.24, 2.45) is 11.7 Å². The largest absolute Gasteiger partial charge is 0.330 e. The van der Waals surface area contributed by atoms with E-state index < -0.39 is 9.84 Å². The van der Waals surface area contributed by atoms with Crippen LogP contribution in [0.15, 0.2) is 0 Å². The fraction of sp³-hybridized carbons (Fsp3) is 1.00.